The van der Waals surface area contributed by atoms with Gasteiger partial charge in [-0.2, -0.15) is 0 Å². The molecule has 18 heavy (non-hydrogen) atoms. The largest absolute Gasteiger partial charge is 0.265 e. The van der Waals surface area contributed by atoms with Gasteiger partial charge in [-0.3, -0.25) is 4.98 Å². The van der Waals surface area contributed by atoms with E-state index in [0.717, 1.165) is 12.8 Å². The van der Waals surface area contributed by atoms with Crippen molar-refractivity contribution in [2.45, 2.75) is 32.5 Å². The first kappa shape index (κ1) is 11.7. The van der Waals surface area contributed by atoms with Gasteiger partial charge < -0.3 is 0 Å². The van der Waals surface area contributed by atoms with E-state index in [1.165, 1.54) is 27.4 Å². The molecule has 0 atom stereocenters. The summed E-state index contributed by atoms with van der Waals surface area (Å²) in [6.45, 7) is 7.21. The van der Waals surface area contributed by atoms with Crippen LogP contribution in [-0.2, 0) is 12.8 Å². The zero-order valence-corrected chi connectivity index (χ0v) is 12.3. The van der Waals surface area contributed by atoms with Crippen LogP contribution in [0.2, 0.25) is 19.6 Å². The molecule has 92 valence electrons. The average Bonchev–Trinajstić information content (AvgIpc) is 2.36. The molecule has 2 heteroatoms. The van der Waals surface area contributed by atoms with Gasteiger partial charge in [0, 0.05) is 12.4 Å². The summed E-state index contributed by atoms with van der Waals surface area (Å²) in [5.41, 5.74) is 5.87. The van der Waals surface area contributed by atoms with Crippen molar-refractivity contribution in [3.63, 3.8) is 0 Å². The lowest BCUT2D eigenvalue weighted by molar-refractivity contribution is 0.933. The Hall–Kier alpha value is -1.41. The van der Waals surface area contributed by atoms with Gasteiger partial charge in [0.05, 0.1) is 8.07 Å². The molecule has 1 heterocycles. The fraction of sp³-hybridized carbons (Fsp3) is 0.312. The zero-order chi connectivity index (χ0) is 12.8. The molecule has 0 spiro atoms. The minimum atomic E-state index is -1.34. The van der Waals surface area contributed by atoms with Crippen LogP contribution >= 0.6 is 0 Å². The molecule has 0 saturated heterocycles. The fourth-order valence-corrected chi connectivity index (χ4v) is 4.34. The van der Waals surface area contributed by atoms with Gasteiger partial charge in [0.15, 0.2) is 0 Å². The first-order valence-corrected chi connectivity index (χ1v) is 10.1. The van der Waals surface area contributed by atoms with Gasteiger partial charge in [-0.25, -0.2) is 0 Å². The quantitative estimate of drug-likeness (QED) is 0.710. The molecule has 1 nitrogen and oxygen atoms in total. The molecule has 0 bridgehead atoms. The zero-order valence-electron chi connectivity index (χ0n) is 11.3. The van der Waals surface area contributed by atoms with Crippen LogP contribution in [0.25, 0.3) is 11.1 Å². The summed E-state index contributed by atoms with van der Waals surface area (Å²) >= 11 is 0. The van der Waals surface area contributed by atoms with Crippen LogP contribution in [0.3, 0.4) is 0 Å². The molecule has 0 amide bonds. The second-order valence-electron chi connectivity index (χ2n) is 6.13. The normalized spacial score (nSPS) is 13.9. The minimum absolute atomic E-state index is 1.14. The van der Waals surface area contributed by atoms with Crippen LogP contribution in [0, 0.1) is 0 Å². The Labute approximate surface area is 110 Å². The lowest BCUT2D eigenvalue weighted by Crippen LogP contribution is -2.40. The number of aromatic nitrogens is 1. The Morgan fingerprint density at radius 3 is 2.44 bits per heavy atom. The van der Waals surface area contributed by atoms with Gasteiger partial charge in [-0.15, -0.1) is 0 Å². The third-order valence-corrected chi connectivity index (χ3v) is 5.78. The molecule has 1 aromatic heterocycles. The van der Waals surface area contributed by atoms with Crippen molar-refractivity contribution in [3.05, 3.63) is 47.8 Å². The summed E-state index contributed by atoms with van der Waals surface area (Å²) in [5, 5.41) is 1.51. The number of pyridine rings is 1. The number of fused-ring (bicyclic) bond motifs is 3. The third-order valence-electron chi connectivity index (χ3n) is 3.78. The summed E-state index contributed by atoms with van der Waals surface area (Å²) in [6, 6.07) is 8.85. The Morgan fingerprint density at radius 1 is 0.944 bits per heavy atom. The van der Waals surface area contributed by atoms with Crippen molar-refractivity contribution in [1.82, 2.24) is 4.98 Å². The van der Waals surface area contributed by atoms with E-state index in [0.29, 0.717) is 0 Å². The molecule has 3 rings (SSSR count). The molecule has 0 unspecified atom stereocenters. The molecular weight excluding hydrogens is 234 g/mol. The topological polar surface area (TPSA) is 12.9 Å². The molecule has 1 aliphatic rings. The van der Waals surface area contributed by atoms with Gasteiger partial charge >= 0.3 is 0 Å². The van der Waals surface area contributed by atoms with Gasteiger partial charge in [0.25, 0.3) is 0 Å². The molecule has 0 saturated carbocycles. The molecule has 0 aliphatic heterocycles. The summed E-state index contributed by atoms with van der Waals surface area (Å²) in [6.07, 6.45) is 6.46. The highest BCUT2D eigenvalue weighted by atomic mass is 28.3. The Kier molecular flexibility index (Phi) is 2.63. The van der Waals surface area contributed by atoms with Crippen LogP contribution in [0.15, 0.2) is 36.7 Å². The summed E-state index contributed by atoms with van der Waals surface area (Å²) in [7, 11) is -1.34. The van der Waals surface area contributed by atoms with E-state index in [-0.39, 0.29) is 0 Å². The Bertz CT molecular complexity index is 596. The number of benzene rings is 1. The van der Waals surface area contributed by atoms with Crippen molar-refractivity contribution >= 4 is 13.3 Å². The maximum Gasteiger partial charge on any atom is 0.0804 e. The van der Waals surface area contributed by atoms with Crippen molar-refractivity contribution in [2.75, 3.05) is 0 Å². The highest BCUT2D eigenvalue weighted by Crippen LogP contribution is 2.32. The third kappa shape index (κ3) is 1.81. The minimum Gasteiger partial charge on any atom is -0.265 e. The van der Waals surface area contributed by atoms with Crippen LogP contribution < -0.4 is 5.19 Å². The maximum absolute atomic E-state index is 4.47. The van der Waals surface area contributed by atoms with Crippen LogP contribution in [0.1, 0.15) is 11.1 Å². The molecule has 2 aromatic rings. The maximum atomic E-state index is 4.47. The van der Waals surface area contributed by atoms with E-state index in [4.69, 9.17) is 0 Å². The van der Waals surface area contributed by atoms with E-state index >= 15 is 0 Å². The van der Waals surface area contributed by atoms with Gasteiger partial charge in [0.1, 0.15) is 0 Å². The van der Waals surface area contributed by atoms with Crippen LogP contribution in [-0.4, -0.2) is 13.1 Å². The Morgan fingerprint density at radius 2 is 1.67 bits per heavy atom. The van der Waals surface area contributed by atoms with Crippen molar-refractivity contribution in [1.29, 1.82) is 0 Å². The highest BCUT2D eigenvalue weighted by molar-refractivity contribution is 6.89. The van der Waals surface area contributed by atoms with Gasteiger partial charge in [-0.1, -0.05) is 43.9 Å². The van der Waals surface area contributed by atoms with Crippen molar-refractivity contribution in [2.24, 2.45) is 0 Å². The number of nitrogens with zero attached hydrogens (tertiary/aromatic N) is 1. The summed E-state index contributed by atoms with van der Waals surface area (Å²) in [5.74, 6) is 0. The SMILES string of the molecule is C[Si](C)(C)c1cncc2c1-c1ccccc1CC2. The van der Waals surface area contributed by atoms with Gasteiger partial charge in [-0.05, 0) is 40.3 Å². The molecule has 0 radical (unpaired) electrons. The lowest BCUT2D eigenvalue weighted by atomic mass is 9.87. The second kappa shape index (κ2) is 4.06. The smallest absolute Gasteiger partial charge is 0.0804 e. The summed E-state index contributed by atoms with van der Waals surface area (Å²) in [4.78, 5) is 4.47. The van der Waals surface area contributed by atoms with E-state index < -0.39 is 8.07 Å². The predicted molar refractivity (Wildman–Crippen MR) is 80.1 cm³/mol. The van der Waals surface area contributed by atoms with Crippen LogP contribution in [0.4, 0.5) is 0 Å². The number of aryl methyl sites for hydroxylation is 2. The second-order valence-corrected chi connectivity index (χ2v) is 11.2. The first-order valence-electron chi connectivity index (χ1n) is 6.63. The fourth-order valence-electron chi connectivity index (χ4n) is 2.83. The van der Waals surface area contributed by atoms with E-state index in [1.54, 1.807) is 0 Å². The van der Waals surface area contributed by atoms with Gasteiger partial charge in [0.2, 0.25) is 0 Å². The number of hydrogen-bond acceptors (Lipinski definition) is 1. The monoisotopic (exact) mass is 253 g/mol. The average molecular weight is 253 g/mol. The molecule has 1 aliphatic carbocycles. The molecule has 0 N–H and O–H groups in total. The standard InChI is InChI=1S/C16H19NSi/c1-18(2,3)15-11-17-10-13-9-8-12-6-4-5-7-14(12)16(13)15/h4-7,10-11H,8-9H2,1-3H3. The Balaban J connectivity index is 2.31. The molecular formula is C16H19NSi. The van der Waals surface area contributed by atoms with Crippen molar-refractivity contribution < 1.29 is 0 Å². The highest BCUT2D eigenvalue weighted by Gasteiger charge is 2.26. The first-order chi connectivity index (χ1) is 8.57. The number of hydrogen-bond donors (Lipinski definition) is 0. The van der Waals surface area contributed by atoms with E-state index in [2.05, 4.69) is 61.3 Å². The molecule has 0 fully saturated rings. The van der Waals surface area contributed by atoms with Crippen LogP contribution in [0.5, 0.6) is 0 Å². The summed E-state index contributed by atoms with van der Waals surface area (Å²) < 4.78 is 0. The predicted octanol–water partition coefficient (Wildman–Crippen LogP) is 3.39. The van der Waals surface area contributed by atoms with E-state index in [1.807, 2.05) is 0 Å². The molecule has 1 aromatic carbocycles. The van der Waals surface area contributed by atoms with E-state index in [9.17, 15) is 0 Å². The lowest BCUT2D eigenvalue weighted by Gasteiger charge is -2.27. The van der Waals surface area contributed by atoms with Crippen molar-refractivity contribution in [3.8, 4) is 11.1 Å². The number of rotatable bonds is 1.